The quantitative estimate of drug-likeness (QED) is 0.548. The minimum atomic E-state index is -0.487. The molecule has 2 aromatic heterocycles. The molecule has 2 heterocycles. The van der Waals surface area contributed by atoms with Crippen molar-refractivity contribution in [2.75, 3.05) is 17.3 Å². The van der Waals surface area contributed by atoms with Crippen LogP contribution in [0, 0.1) is 10.1 Å². The average molecular weight is 325 g/mol. The molecule has 0 bridgehead atoms. The van der Waals surface area contributed by atoms with Crippen LogP contribution in [-0.2, 0) is 6.54 Å². The van der Waals surface area contributed by atoms with E-state index in [1.165, 1.54) is 6.33 Å². The van der Waals surface area contributed by atoms with Gasteiger partial charge in [-0.05, 0) is 24.3 Å². The van der Waals surface area contributed by atoms with Crippen LogP contribution in [0.25, 0.3) is 0 Å². The van der Waals surface area contributed by atoms with E-state index >= 15 is 0 Å². The van der Waals surface area contributed by atoms with E-state index in [2.05, 4.69) is 15.3 Å². The fourth-order valence-corrected chi connectivity index (χ4v) is 2.27. The Labute approximate surface area is 137 Å². The van der Waals surface area contributed by atoms with Gasteiger partial charge in [0.15, 0.2) is 0 Å². The van der Waals surface area contributed by atoms with Gasteiger partial charge in [0.25, 0.3) is 0 Å². The van der Waals surface area contributed by atoms with Crippen LogP contribution >= 0.6 is 0 Å². The number of nitro groups is 1. The van der Waals surface area contributed by atoms with E-state index in [-0.39, 0.29) is 17.3 Å². The molecule has 0 saturated heterocycles. The highest BCUT2D eigenvalue weighted by Crippen LogP contribution is 2.34. The topological polar surface area (TPSA) is 97.3 Å². The van der Waals surface area contributed by atoms with Crippen LogP contribution in [0.5, 0.6) is 0 Å². The lowest BCUT2D eigenvalue weighted by molar-refractivity contribution is -0.383. The summed E-state index contributed by atoms with van der Waals surface area (Å²) in [5, 5.41) is 14.5. The number of benzene rings is 1. The fraction of sp³-hybridized carbons (Fsp3) is 0.125. The number of para-hydroxylation sites is 1. The van der Waals surface area contributed by atoms with Gasteiger partial charge in [-0.1, -0.05) is 18.2 Å². The molecule has 0 radical (unpaired) electrons. The summed E-state index contributed by atoms with van der Waals surface area (Å²) in [5.74, 6) is 1.01. The standard InChI is InChI=1S/C16H15N5O3/c1-20(12-6-3-2-4-7-12)16-14(21(22)23)15(18-11-19-16)17-10-13-8-5-9-24-13/h2-9,11H,10H2,1H3,(H,17,18,19). The number of nitrogens with zero attached hydrogens (tertiary/aromatic N) is 4. The van der Waals surface area contributed by atoms with Crippen LogP contribution in [-0.4, -0.2) is 21.9 Å². The number of rotatable bonds is 6. The van der Waals surface area contributed by atoms with Gasteiger partial charge >= 0.3 is 5.69 Å². The molecule has 3 aromatic rings. The summed E-state index contributed by atoms with van der Waals surface area (Å²) >= 11 is 0. The molecule has 8 nitrogen and oxygen atoms in total. The second-order valence-corrected chi connectivity index (χ2v) is 4.98. The number of furan rings is 1. The molecular formula is C16H15N5O3. The summed E-state index contributed by atoms with van der Waals surface area (Å²) in [7, 11) is 1.72. The van der Waals surface area contributed by atoms with Crippen molar-refractivity contribution in [1.29, 1.82) is 0 Å². The molecule has 0 aliphatic carbocycles. The molecule has 3 rings (SSSR count). The largest absolute Gasteiger partial charge is 0.467 e. The van der Waals surface area contributed by atoms with Gasteiger partial charge in [-0.2, -0.15) is 0 Å². The Hall–Kier alpha value is -3.42. The first-order valence-corrected chi connectivity index (χ1v) is 7.21. The molecule has 0 fully saturated rings. The fourth-order valence-electron chi connectivity index (χ4n) is 2.27. The van der Waals surface area contributed by atoms with Crippen LogP contribution in [0.15, 0.2) is 59.5 Å². The maximum absolute atomic E-state index is 11.6. The summed E-state index contributed by atoms with van der Waals surface area (Å²) in [6.07, 6.45) is 2.84. The van der Waals surface area contributed by atoms with Gasteiger partial charge in [-0.25, -0.2) is 9.97 Å². The smallest absolute Gasteiger partial charge is 0.353 e. The number of nitrogens with one attached hydrogen (secondary N) is 1. The molecule has 1 N–H and O–H groups in total. The van der Waals surface area contributed by atoms with E-state index in [4.69, 9.17) is 4.42 Å². The van der Waals surface area contributed by atoms with Crippen molar-refractivity contribution < 1.29 is 9.34 Å². The Morgan fingerprint density at radius 1 is 1.21 bits per heavy atom. The van der Waals surface area contributed by atoms with Crippen LogP contribution < -0.4 is 10.2 Å². The Morgan fingerprint density at radius 3 is 2.67 bits per heavy atom. The molecule has 0 amide bonds. The maximum Gasteiger partial charge on any atom is 0.353 e. The lowest BCUT2D eigenvalue weighted by Crippen LogP contribution is -2.15. The average Bonchev–Trinajstić information content (AvgIpc) is 3.13. The second kappa shape index (κ2) is 6.78. The van der Waals surface area contributed by atoms with E-state index in [0.717, 1.165) is 5.69 Å². The minimum absolute atomic E-state index is 0.143. The van der Waals surface area contributed by atoms with Crippen molar-refractivity contribution in [3.8, 4) is 0 Å². The highest BCUT2D eigenvalue weighted by Gasteiger charge is 2.26. The van der Waals surface area contributed by atoms with Crippen LogP contribution in [0.4, 0.5) is 23.0 Å². The van der Waals surface area contributed by atoms with E-state index in [9.17, 15) is 10.1 Å². The van der Waals surface area contributed by atoms with Gasteiger partial charge in [-0.15, -0.1) is 0 Å². The number of anilines is 3. The molecule has 0 aliphatic rings. The number of hydrogen-bond acceptors (Lipinski definition) is 7. The summed E-state index contributed by atoms with van der Waals surface area (Å²) in [6, 6.07) is 12.8. The normalized spacial score (nSPS) is 10.4. The Bertz CT molecular complexity index is 821. The third-order valence-electron chi connectivity index (χ3n) is 3.46. The van der Waals surface area contributed by atoms with Gasteiger partial charge in [-0.3, -0.25) is 10.1 Å². The van der Waals surface area contributed by atoms with Gasteiger partial charge < -0.3 is 14.6 Å². The van der Waals surface area contributed by atoms with E-state index in [0.29, 0.717) is 12.3 Å². The zero-order valence-electron chi connectivity index (χ0n) is 12.9. The summed E-state index contributed by atoms with van der Waals surface area (Å²) in [4.78, 5) is 20.8. The van der Waals surface area contributed by atoms with Crippen molar-refractivity contribution in [2.45, 2.75) is 6.54 Å². The molecule has 0 atom stereocenters. The molecule has 0 aliphatic heterocycles. The van der Waals surface area contributed by atoms with Crippen LogP contribution in [0.2, 0.25) is 0 Å². The molecule has 122 valence electrons. The monoisotopic (exact) mass is 325 g/mol. The van der Waals surface area contributed by atoms with Crippen molar-refractivity contribution in [3.05, 3.63) is 70.9 Å². The third kappa shape index (κ3) is 3.17. The Balaban J connectivity index is 1.94. The van der Waals surface area contributed by atoms with Gasteiger partial charge in [0.2, 0.25) is 11.6 Å². The Morgan fingerprint density at radius 2 is 2.00 bits per heavy atom. The van der Waals surface area contributed by atoms with E-state index in [1.54, 1.807) is 30.3 Å². The van der Waals surface area contributed by atoms with Gasteiger partial charge in [0, 0.05) is 12.7 Å². The first-order valence-electron chi connectivity index (χ1n) is 7.21. The number of hydrogen-bond donors (Lipinski definition) is 1. The molecular weight excluding hydrogens is 310 g/mol. The number of aromatic nitrogens is 2. The highest BCUT2D eigenvalue weighted by atomic mass is 16.6. The van der Waals surface area contributed by atoms with Crippen molar-refractivity contribution in [1.82, 2.24) is 9.97 Å². The van der Waals surface area contributed by atoms with Crippen molar-refractivity contribution in [2.24, 2.45) is 0 Å². The second-order valence-electron chi connectivity index (χ2n) is 4.98. The zero-order valence-corrected chi connectivity index (χ0v) is 12.9. The lowest BCUT2D eigenvalue weighted by atomic mass is 10.3. The van der Waals surface area contributed by atoms with E-state index in [1.807, 2.05) is 30.3 Å². The predicted octanol–water partition coefficient (Wildman–Crippen LogP) is 3.36. The van der Waals surface area contributed by atoms with Crippen molar-refractivity contribution >= 4 is 23.0 Å². The van der Waals surface area contributed by atoms with Crippen LogP contribution in [0.3, 0.4) is 0 Å². The first kappa shape index (κ1) is 15.5. The maximum atomic E-state index is 11.6. The molecule has 1 aromatic carbocycles. The highest BCUT2D eigenvalue weighted by molar-refractivity contribution is 5.75. The van der Waals surface area contributed by atoms with Gasteiger partial charge in [0.05, 0.1) is 17.7 Å². The zero-order chi connectivity index (χ0) is 16.9. The Kier molecular flexibility index (Phi) is 4.37. The summed E-state index contributed by atoms with van der Waals surface area (Å²) < 4.78 is 5.22. The predicted molar refractivity (Wildman–Crippen MR) is 89.2 cm³/mol. The third-order valence-corrected chi connectivity index (χ3v) is 3.46. The van der Waals surface area contributed by atoms with Crippen LogP contribution in [0.1, 0.15) is 5.76 Å². The molecule has 0 saturated carbocycles. The molecule has 0 unspecified atom stereocenters. The SMILES string of the molecule is CN(c1ccccc1)c1ncnc(NCc2ccco2)c1[N+](=O)[O-]. The molecule has 8 heteroatoms. The van der Waals surface area contributed by atoms with Gasteiger partial charge in [0.1, 0.15) is 12.1 Å². The lowest BCUT2D eigenvalue weighted by Gasteiger charge is -2.18. The van der Waals surface area contributed by atoms with Crippen molar-refractivity contribution in [3.63, 3.8) is 0 Å². The minimum Gasteiger partial charge on any atom is -0.467 e. The molecule has 24 heavy (non-hydrogen) atoms. The first-order chi connectivity index (χ1) is 11.7. The summed E-state index contributed by atoms with van der Waals surface area (Å²) in [5.41, 5.74) is 0.603. The summed E-state index contributed by atoms with van der Waals surface area (Å²) in [6.45, 7) is 0.291. The van der Waals surface area contributed by atoms with E-state index < -0.39 is 4.92 Å². The molecule has 0 spiro atoms.